The van der Waals surface area contributed by atoms with Crippen LogP contribution in [0.1, 0.15) is 37.9 Å². The summed E-state index contributed by atoms with van der Waals surface area (Å²) in [4.78, 5) is 4.25. The van der Waals surface area contributed by atoms with Crippen molar-refractivity contribution in [2.75, 3.05) is 0 Å². The first-order valence-electron chi connectivity index (χ1n) is 5.94. The van der Waals surface area contributed by atoms with Crippen molar-refractivity contribution in [3.8, 4) is 0 Å². The normalized spacial score (nSPS) is 12.8. The van der Waals surface area contributed by atoms with Gasteiger partial charge in [-0.25, -0.2) is 9.67 Å². The van der Waals surface area contributed by atoms with E-state index in [1.807, 2.05) is 16.8 Å². The molecule has 5 heteroatoms. The molecule has 2 rings (SSSR count). The van der Waals surface area contributed by atoms with Crippen molar-refractivity contribution in [1.29, 1.82) is 0 Å². The number of hydrogen-bond donors (Lipinski definition) is 1. The number of nitrogens with one attached hydrogen (secondary N) is 1. The van der Waals surface area contributed by atoms with Crippen molar-refractivity contribution in [2.24, 2.45) is 0 Å². The Kier molecular flexibility index (Phi) is 3.93. The summed E-state index contributed by atoms with van der Waals surface area (Å²) in [6, 6.07) is 4.04. The SMILES string of the molecule is CCCn1ncnc1CN[C@H](C)c1ccco1. The van der Waals surface area contributed by atoms with Gasteiger partial charge in [-0.1, -0.05) is 6.92 Å². The zero-order chi connectivity index (χ0) is 12.1. The van der Waals surface area contributed by atoms with Crippen molar-refractivity contribution in [2.45, 2.75) is 39.4 Å². The number of hydrogen-bond acceptors (Lipinski definition) is 4. The molecule has 0 unspecified atom stereocenters. The summed E-state index contributed by atoms with van der Waals surface area (Å²) >= 11 is 0. The average Bonchev–Trinajstić information content (AvgIpc) is 2.97. The topological polar surface area (TPSA) is 55.9 Å². The van der Waals surface area contributed by atoms with Crippen molar-refractivity contribution in [1.82, 2.24) is 20.1 Å². The van der Waals surface area contributed by atoms with E-state index < -0.39 is 0 Å². The predicted molar refractivity (Wildman–Crippen MR) is 64.3 cm³/mol. The van der Waals surface area contributed by atoms with Crippen LogP contribution in [0.4, 0.5) is 0 Å². The standard InChI is InChI=1S/C12H18N4O/c1-3-6-16-12(14-9-15-16)8-13-10(2)11-5-4-7-17-11/h4-5,7,9-10,13H,3,6,8H2,1-2H3/t10-/m1/s1. The molecule has 0 aliphatic carbocycles. The Morgan fingerprint density at radius 3 is 3.12 bits per heavy atom. The number of rotatable bonds is 6. The first kappa shape index (κ1) is 11.9. The minimum Gasteiger partial charge on any atom is -0.468 e. The van der Waals surface area contributed by atoms with E-state index in [2.05, 4.69) is 29.2 Å². The fourth-order valence-electron chi connectivity index (χ4n) is 1.71. The lowest BCUT2D eigenvalue weighted by Gasteiger charge is -2.11. The summed E-state index contributed by atoms with van der Waals surface area (Å²) in [7, 11) is 0. The van der Waals surface area contributed by atoms with Crippen molar-refractivity contribution >= 4 is 0 Å². The molecule has 0 spiro atoms. The highest BCUT2D eigenvalue weighted by atomic mass is 16.3. The van der Waals surface area contributed by atoms with Gasteiger partial charge in [0.1, 0.15) is 17.9 Å². The number of aryl methyl sites for hydroxylation is 1. The number of furan rings is 1. The molecule has 2 aromatic heterocycles. The van der Waals surface area contributed by atoms with Crippen LogP contribution in [0.2, 0.25) is 0 Å². The summed E-state index contributed by atoms with van der Waals surface area (Å²) in [5.41, 5.74) is 0. The van der Waals surface area contributed by atoms with E-state index >= 15 is 0 Å². The van der Waals surface area contributed by atoms with Gasteiger partial charge in [-0.2, -0.15) is 5.10 Å². The van der Waals surface area contributed by atoms with E-state index in [-0.39, 0.29) is 6.04 Å². The Morgan fingerprint density at radius 2 is 2.41 bits per heavy atom. The van der Waals surface area contributed by atoms with Gasteiger partial charge in [0.25, 0.3) is 0 Å². The van der Waals surface area contributed by atoms with E-state index in [1.54, 1.807) is 12.6 Å². The molecule has 92 valence electrons. The van der Waals surface area contributed by atoms with E-state index in [4.69, 9.17) is 4.42 Å². The maximum atomic E-state index is 5.34. The van der Waals surface area contributed by atoms with Crippen LogP contribution in [0.15, 0.2) is 29.1 Å². The summed E-state index contributed by atoms with van der Waals surface area (Å²) in [6.07, 6.45) is 4.35. The van der Waals surface area contributed by atoms with Crippen LogP contribution in [0, 0.1) is 0 Å². The van der Waals surface area contributed by atoms with Gasteiger partial charge in [0.05, 0.1) is 18.8 Å². The third-order valence-corrected chi connectivity index (χ3v) is 2.67. The van der Waals surface area contributed by atoms with Gasteiger partial charge in [0, 0.05) is 6.54 Å². The Balaban J connectivity index is 1.91. The maximum Gasteiger partial charge on any atom is 0.140 e. The van der Waals surface area contributed by atoms with Crippen LogP contribution in [0.25, 0.3) is 0 Å². The fourth-order valence-corrected chi connectivity index (χ4v) is 1.71. The van der Waals surface area contributed by atoms with Crippen LogP contribution in [0.3, 0.4) is 0 Å². The Morgan fingerprint density at radius 1 is 1.53 bits per heavy atom. The van der Waals surface area contributed by atoms with Gasteiger partial charge >= 0.3 is 0 Å². The van der Waals surface area contributed by atoms with Crippen molar-refractivity contribution < 1.29 is 4.42 Å². The molecule has 0 aliphatic heterocycles. The lowest BCUT2D eigenvalue weighted by Crippen LogP contribution is -2.20. The zero-order valence-corrected chi connectivity index (χ0v) is 10.3. The zero-order valence-electron chi connectivity index (χ0n) is 10.3. The van der Waals surface area contributed by atoms with Gasteiger partial charge in [-0.05, 0) is 25.5 Å². The van der Waals surface area contributed by atoms with Gasteiger partial charge in [-0.15, -0.1) is 0 Å². The van der Waals surface area contributed by atoms with Crippen LogP contribution >= 0.6 is 0 Å². The molecular weight excluding hydrogens is 216 g/mol. The van der Waals surface area contributed by atoms with Crippen LogP contribution in [0.5, 0.6) is 0 Å². The number of nitrogens with zero attached hydrogens (tertiary/aromatic N) is 3. The Hall–Kier alpha value is -1.62. The second-order valence-electron chi connectivity index (χ2n) is 4.02. The third-order valence-electron chi connectivity index (χ3n) is 2.67. The molecule has 17 heavy (non-hydrogen) atoms. The maximum absolute atomic E-state index is 5.34. The molecule has 0 aromatic carbocycles. The second-order valence-corrected chi connectivity index (χ2v) is 4.02. The Bertz CT molecular complexity index is 435. The first-order valence-corrected chi connectivity index (χ1v) is 5.94. The Labute approximate surface area is 101 Å². The van der Waals surface area contributed by atoms with Gasteiger partial charge in [0.2, 0.25) is 0 Å². The summed E-state index contributed by atoms with van der Waals surface area (Å²) in [6.45, 7) is 5.80. The highest BCUT2D eigenvalue weighted by molar-refractivity contribution is 5.03. The predicted octanol–water partition coefficient (Wildman–Crippen LogP) is 2.13. The summed E-state index contributed by atoms with van der Waals surface area (Å²) < 4.78 is 7.27. The molecule has 0 radical (unpaired) electrons. The molecule has 0 fully saturated rings. The molecule has 0 saturated heterocycles. The highest BCUT2D eigenvalue weighted by Crippen LogP contribution is 2.12. The van der Waals surface area contributed by atoms with Crippen molar-refractivity contribution in [3.63, 3.8) is 0 Å². The molecule has 0 saturated carbocycles. The smallest absolute Gasteiger partial charge is 0.140 e. The van der Waals surface area contributed by atoms with Crippen LogP contribution in [-0.2, 0) is 13.1 Å². The monoisotopic (exact) mass is 234 g/mol. The molecule has 2 heterocycles. The molecule has 0 bridgehead atoms. The minimum atomic E-state index is 0.178. The fraction of sp³-hybridized carbons (Fsp3) is 0.500. The average molecular weight is 234 g/mol. The number of aromatic nitrogens is 3. The minimum absolute atomic E-state index is 0.178. The second kappa shape index (κ2) is 5.63. The summed E-state index contributed by atoms with van der Waals surface area (Å²) in [5.74, 6) is 1.90. The molecular formula is C12H18N4O. The van der Waals surface area contributed by atoms with Crippen molar-refractivity contribution in [3.05, 3.63) is 36.3 Å². The molecule has 0 aliphatic rings. The van der Waals surface area contributed by atoms with E-state index in [0.29, 0.717) is 6.54 Å². The third kappa shape index (κ3) is 2.94. The van der Waals surface area contributed by atoms with Gasteiger partial charge in [0.15, 0.2) is 0 Å². The van der Waals surface area contributed by atoms with E-state index in [1.165, 1.54) is 0 Å². The van der Waals surface area contributed by atoms with Gasteiger partial charge in [-0.3, -0.25) is 0 Å². The highest BCUT2D eigenvalue weighted by Gasteiger charge is 2.09. The van der Waals surface area contributed by atoms with Gasteiger partial charge < -0.3 is 9.73 Å². The molecule has 0 amide bonds. The quantitative estimate of drug-likeness (QED) is 0.832. The summed E-state index contributed by atoms with van der Waals surface area (Å²) in [5, 5.41) is 7.56. The lowest BCUT2D eigenvalue weighted by molar-refractivity contribution is 0.420. The molecule has 1 N–H and O–H groups in total. The molecule has 5 nitrogen and oxygen atoms in total. The molecule has 1 atom stereocenters. The largest absolute Gasteiger partial charge is 0.468 e. The molecule has 2 aromatic rings. The first-order chi connectivity index (χ1) is 8.31. The van der Waals surface area contributed by atoms with E-state index in [0.717, 1.165) is 24.6 Å². The van der Waals surface area contributed by atoms with Crippen LogP contribution in [-0.4, -0.2) is 14.8 Å². The van der Waals surface area contributed by atoms with Crippen LogP contribution < -0.4 is 5.32 Å². The lowest BCUT2D eigenvalue weighted by atomic mass is 10.2. The van der Waals surface area contributed by atoms with E-state index in [9.17, 15) is 0 Å².